The van der Waals surface area contributed by atoms with Gasteiger partial charge < -0.3 is 19.7 Å². The number of nitrogens with one attached hydrogen (secondary N) is 1. The lowest BCUT2D eigenvalue weighted by atomic mass is 10.1. The van der Waals surface area contributed by atoms with Gasteiger partial charge in [-0.05, 0) is 25.1 Å². The van der Waals surface area contributed by atoms with Crippen LogP contribution in [0.25, 0.3) is 16.9 Å². The average Bonchev–Trinajstić information content (AvgIpc) is 3.29. The normalized spacial score (nSPS) is 17.1. The third kappa shape index (κ3) is 2.93. The number of ether oxygens (including phenoxy) is 1. The van der Waals surface area contributed by atoms with Crippen LogP contribution in [0.5, 0.6) is 11.6 Å². The van der Waals surface area contributed by atoms with E-state index in [0.29, 0.717) is 17.1 Å². The zero-order valence-electron chi connectivity index (χ0n) is 13.0. The molecule has 24 heavy (non-hydrogen) atoms. The number of hydrogen-bond acceptors (Lipinski definition) is 6. The van der Waals surface area contributed by atoms with Gasteiger partial charge in [0.1, 0.15) is 11.9 Å². The molecule has 7 heteroatoms. The second-order valence-corrected chi connectivity index (χ2v) is 5.64. The van der Waals surface area contributed by atoms with Crippen molar-refractivity contribution in [3.63, 3.8) is 0 Å². The van der Waals surface area contributed by atoms with E-state index in [9.17, 15) is 5.11 Å². The predicted molar refractivity (Wildman–Crippen MR) is 88.2 cm³/mol. The van der Waals surface area contributed by atoms with Crippen molar-refractivity contribution in [3.05, 3.63) is 49.3 Å². The van der Waals surface area contributed by atoms with E-state index in [1.54, 1.807) is 31.0 Å². The van der Waals surface area contributed by atoms with Crippen molar-refractivity contribution in [1.29, 1.82) is 0 Å². The van der Waals surface area contributed by atoms with Gasteiger partial charge in [-0.2, -0.15) is 0 Å². The topological polar surface area (TPSA) is 85.1 Å². The maximum absolute atomic E-state index is 10.3. The number of rotatable bonds is 4. The summed E-state index contributed by atoms with van der Waals surface area (Å²) in [6.45, 7) is 1.80. The van der Waals surface area contributed by atoms with Gasteiger partial charge in [-0.25, -0.2) is 15.0 Å². The summed E-state index contributed by atoms with van der Waals surface area (Å²) in [4.78, 5) is 12.7. The third-order valence-corrected chi connectivity index (χ3v) is 3.99. The molecular weight excluding hydrogens is 306 g/mol. The van der Waals surface area contributed by atoms with Crippen molar-refractivity contribution in [1.82, 2.24) is 24.8 Å². The molecule has 2 aromatic heterocycles. The minimum Gasteiger partial charge on any atom is -0.507 e. The molecule has 1 unspecified atom stereocenters. The van der Waals surface area contributed by atoms with E-state index in [1.165, 1.54) is 0 Å². The van der Waals surface area contributed by atoms with Crippen molar-refractivity contribution in [2.24, 2.45) is 0 Å². The quantitative estimate of drug-likeness (QED) is 0.761. The monoisotopic (exact) mass is 323 g/mol. The summed E-state index contributed by atoms with van der Waals surface area (Å²) in [5.41, 5.74) is 2.05. The van der Waals surface area contributed by atoms with Crippen LogP contribution in [0.3, 0.4) is 0 Å². The van der Waals surface area contributed by atoms with Crippen molar-refractivity contribution in [2.75, 3.05) is 13.1 Å². The Balaban J connectivity index is 1.54. The van der Waals surface area contributed by atoms with E-state index in [1.807, 2.05) is 22.9 Å². The molecule has 3 heterocycles. The van der Waals surface area contributed by atoms with Crippen LogP contribution in [0, 0.1) is 0 Å². The van der Waals surface area contributed by atoms with Gasteiger partial charge >= 0.3 is 0 Å². The number of phenolic OH excluding ortho intramolecular Hbond substituents is 1. The Hall–Kier alpha value is -2.93. The van der Waals surface area contributed by atoms with Crippen molar-refractivity contribution in [2.45, 2.75) is 12.5 Å². The highest BCUT2D eigenvalue weighted by Crippen LogP contribution is 2.29. The predicted octanol–water partition coefficient (Wildman–Crippen LogP) is 1.78. The van der Waals surface area contributed by atoms with Crippen LogP contribution in [0.15, 0.2) is 49.3 Å². The van der Waals surface area contributed by atoms with Crippen LogP contribution >= 0.6 is 0 Å². The van der Waals surface area contributed by atoms with Gasteiger partial charge in [0, 0.05) is 30.6 Å². The number of hydrogen-bond donors (Lipinski definition) is 2. The number of nitrogens with zero attached hydrogens (tertiary/aromatic N) is 4. The maximum atomic E-state index is 10.3. The molecule has 0 spiro atoms. The van der Waals surface area contributed by atoms with Crippen LogP contribution in [-0.4, -0.2) is 43.8 Å². The molecule has 1 saturated heterocycles. The first kappa shape index (κ1) is 14.6. The molecule has 0 amide bonds. The van der Waals surface area contributed by atoms with Crippen molar-refractivity contribution >= 4 is 0 Å². The third-order valence-electron chi connectivity index (χ3n) is 3.99. The molecule has 2 N–H and O–H groups in total. The highest BCUT2D eigenvalue weighted by molar-refractivity contribution is 5.68. The second kappa shape index (κ2) is 6.29. The molecule has 4 rings (SSSR count). The largest absolute Gasteiger partial charge is 0.507 e. The zero-order chi connectivity index (χ0) is 16.4. The van der Waals surface area contributed by atoms with E-state index in [0.717, 1.165) is 25.2 Å². The number of imidazole rings is 1. The SMILES string of the molecule is Oc1cc(-n2ccnc2)ccc1-c1cnc(OC2CCNC2)cn1. The molecule has 0 saturated carbocycles. The molecule has 3 aromatic rings. The molecule has 1 aliphatic heterocycles. The Kier molecular flexibility index (Phi) is 3.84. The summed E-state index contributed by atoms with van der Waals surface area (Å²) >= 11 is 0. The fourth-order valence-electron chi connectivity index (χ4n) is 2.72. The second-order valence-electron chi connectivity index (χ2n) is 5.64. The first-order valence-electron chi connectivity index (χ1n) is 7.81. The molecule has 1 aliphatic rings. The molecule has 0 aliphatic carbocycles. The summed E-state index contributed by atoms with van der Waals surface area (Å²) < 4.78 is 7.58. The molecule has 122 valence electrons. The molecule has 1 aromatic carbocycles. The summed E-state index contributed by atoms with van der Waals surface area (Å²) in [5.74, 6) is 0.645. The van der Waals surface area contributed by atoms with Crippen molar-refractivity contribution < 1.29 is 9.84 Å². The summed E-state index contributed by atoms with van der Waals surface area (Å²) in [6, 6.07) is 5.39. The van der Waals surface area contributed by atoms with Crippen molar-refractivity contribution in [3.8, 4) is 28.6 Å². The first-order chi connectivity index (χ1) is 11.8. The molecule has 1 atom stereocenters. The van der Waals surface area contributed by atoms with Crippen LogP contribution in [0.1, 0.15) is 6.42 Å². The van der Waals surface area contributed by atoms with Gasteiger partial charge in [-0.15, -0.1) is 0 Å². The fraction of sp³-hybridized carbons (Fsp3) is 0.235. The van der Waals surface area contributed by atoms with Gasteiger partial charge in [0.05, 0.1) is 30.1 Å². The smallest absolute Gasteiger partial charge is 0.232 e. The molecule has 1 fully saturated rings. The number of phenols is 1. The maximum Gasteiger partial charge on any atom is 0.232 e. The summed E-state index contributed by atoms with van der Waals surface area (Å²) in [7, 11) is 0. The lowest BCUT2D eigenvalue weighted by Crippen LogP contribution is -2.20. The Morgan fingerprint density at radius 1 is 1.25 bits per heavy atom. The first-order valence-corrected chi connectivity index (χ1v) is 7.81. The Bertz CT molecular complexity index is 812. The lowest BCUT2D eigenvalue weighted by molar-refractivity contribution is 0.213. The van der Waals surface area contributed by atoms with Crippen LogP contribution in [-0.2, 0) is 0 Å². The number of aromatic hydroxyl groups is 1. The number of benzene rings is 1. The zero-order valence-corrected chi connectivity index (χ0v) is 13.0. The highest BCUT2D eigenvalue weighted by Gasteiger charge is 2.17. The molecule has 0 radical (unpaired) electrons. The van der Waals surface area contributed by atoms with E-state index in [2.05, 4.69) is 20.3 Å². The van der Waals surface area contributed by atoms with Crippen LogP contribution < -0.4 is 10.1 Å². The van der Waals surface area contributed by atoms with Gasteiger partial charge in [-0.1, -0.05) is 0 Å². The van der Waals surface area contributed by atoms with Crippen LogP contribution in [0.2, 0.25) is 0 Å². The molecule has 7 nitrogen and oxygen atoms in total. The van der Waals surface area contributed by atoms with Gasteiger partial charge in [0.25, 0.3) is 0 Å². The minimum atomic E-state index is 0.143. The van der Waals surface area contributed by atoms with E-state index >= 15 is 0 Å². The highest BCUT2D eigenvalue weighted by atomic mass is 16.5. The van der Waals surface area contributed by atoms with E-state index in [4.69, 9.17) is 4.74 Å². The Morgan fingerprint density at radius 2 is 2.21 bits per heavy atom. The molecular formula is C17H17N5O2. The Labute approximate surface area is 139 Å². The lowest BCUT2D eigenvalue weighted by Gasteiger charge is -2.11. The molecule has 0 bridgehead atoms. The summed E-state index contributed by atoms with van der Waals surface area (Å²) in [6.07, 6.45) is 9.51. The minimum absolute atomic E-state index is 0.143. The van der Waals surface area contributed by atoms with E-state index in [-0.39, 0.29) is 11.9 Å². The summed E-state index contributed by atoms with van der Waals surface area (Å²) in [5, 5.41) is 13.5. The van der Waals surface area contributed by atoms with Gasteiger partial charge in [0.2, 0.25) is 5.88 Å². The van der Waals surface area contributed by atoms with Gasteiger partial charge in [0.15, 0.2) is 0 Å². The number of aromatic nitrogens is 4. The van der Waals surface area contributed by atoms with Crippen LogP contribution in [0.4, 0.5) is 0 Å². The van der Waals surface area contributed by atoms with E-state index < -0.39 is 0 Å². The average molecular weight is 323 g/mol. The fourth-order valence-corrected chi connectivity index (χ4v) is 2.72. The standard InChI is InChI=1S/C17H17N5O2/c23-16-7-12(22-6-5-19-11-22)1-2-14(16)15-9-21-17(10-20-15)24-13-3-4-18-8-13/h1-2,5-7,9-11,13,18,23H,3-4,8H2. The van der Waals surface area contributed by atoms with Gasteiger partial charge in [-0.3, -0.25) is 0 Å². The Morgan fingerprint density at radius 3 is 2.88 bits per heavy atom.